The van der Waals surface area contributed by atoms with Crippen LogP contribution in [0.2, 0.25) is 0 Å². The molecule has 0 amide bonds. The number of hydrogen-bond donors (Lipinski definition) is 1. The Morgan fingerprint density at radius 1 is 1.23 bits per heavy atom. The first-order chi connectivity index (χ1) is 10.3. The average Bonchev–Trinajstić information content (AvgIpc) is 2.47. The molecule has 1 aliphatic heterocycles. The van der Waals surface area contributed by atoms with Crippen molar-refractivity contribution >= 4 is 25.6 Å². The Balaban J connectivity index is 2.48. The first-order valence-corrected chi connectivity index (χ1v) is 10.6. The van der Waals surface area contributed by atoms with Crippen LogP contribution in [0.25, 0.3) is 0 Å². The number of rotatable bonds is 6. The van der Waals surface area contributed by atoms with E-state index in [-0.39, 0.29) is 12.3 Å². The molecule has 22 heavy (non-hydrogen) atoms. The summed E-state index contributed by atoms with van der Waals surface area (Å²) in [7, 11) is -6.56. The van der Waals surface area contributed by atoms with Crippen molar-refractivity contribution in [3.05, 3.63) is 24.3 Å². The maximum Gasteiger partial charge on any atom is 0.304 e. The van der Waals surface area contributed by atoms with E-state index in [1.165, 1.54) is 8.61 Å². The van der Waals surface area contributed by atoms with Crippen molar-refractivity contribution in [2.75, 3.05) is 29.7 Å². The van der Waals surface area contributed by atoms with Gasteiger partial charge in [-0.2, -0.15) is 12.7 Å². The van der Waals surface area contributed by atoms with E-state index in [1.54, 1.807) is 24.3 Å². The van der Waals surface area contributed by atoms with Gasteiger partial charge in [0.25, 0.3) is 0 Å². The zero-order chi connectivity index (χ0) is 16.4. The monoisotopic (exact) mass is 345 g/mol. The molecule has 0 aromatic heterocycles. The lowest BCUT2D eigenvalue weighted by molar-refractivity contribution is 0.407. The van der Waals surface area contributed by atoms with Crippen molar-refractivity contribution in [3.63, 3.8) is 0 Å². The predicted molar refractivity (Wildman–Crippen MR) is 88.9 cm³/mol. The number of anilines is 1. The topological polar surface area (TPSA) is 81.5 Å². The average molecular weight is 345 g/mol. The Kier molecular flexibility index (Phi) is 5.14. The van der Waals surface area contributed by atoms with Crippen LogP contribution in [0.1, 0.15) is 26.7 Å². The van der Waals surface area contributed by atoms with E-state index in [2.05, 4.69) is 0 Å². The fourth-order valence-electron chi connectivity index (χ4n) is 2.60. The molecule has 0 aliphatic carbocycles. The van der Waals surface area contributed by atoms with Gasteiger partial charge in [-0.3, -0.25) is 4.31 Å². The Bertz CT molecular complexity index is 723. The van der Waals surface area contributed by atoms with E-state index in [9.17, 15) is 12.6 Å². The molecule has 2 rings (SSSR count). The summed E-state index contributed by atoms with van der Waals surface area (Å²) in [6.07, 6.45) is 1.48. The lowest BCUT2D eigenvalue weighted by Gasteiger charge is -2.35. The molecule has 1 atom stereocenters. The van der Waals surface area contributed by atoms with Gasteiger partial charge in [0.1, 0.15) is 0 Å². The van der Waals surface area contributed by atoms with Crippen LogP contribution in [-0.4, -0.2) is 42.3 Å². The number of hydrogen-bond acceptors (Lipinski definition) is 4. The highest BCUT2D eigenvalue weighted by molar-refractivity contribution is 7.93. The second-order valence-corrected chi connectivity index (χ2v) is 9.38. The van der Waals surface area contributed by atoms with Crippen molar-refractivity contribution < 1.29 is 12.6 Å². The van der Waals surface area contributed by atoms with Crippen LogP contribution in [0.15, 0.2) is 29.2 Å². The van der Waals surface area contributed by atoms with E-state index >= 15 is 0 Å². The minimum atomic E-state index is -3.65. The summed E-state index contributed by atoms with van der Waals surface area (Å²) in [5.74, 6) is 0.0370. The maximum absolute atomic E-state index is 12.9. The lowest BCUT2D eigenvalue weighted by atomic mass is 10.3. The summed E-state index contributed by atoms with van der Waals surface area (Å²) >= 11 is 0. The lowest BCUT2D eigenvalue weighted by Crippen LogP contribution is -2.48. The molecule has 1 aliphatic rings. The molecular formula is C14H23N3O3S2. The van der Waals surface area contributed by atoms with Gasteiger partial charge in [0.15, 0.2) is 0 Å². The van der Waals surface area contributed by atoms with Crippen LogP contribution in [0.5, 0.6) is 0 Å². The Morgan fingerprint density at radius 3 is 2.41 bits per heavy atom. The zero-order valence-corrected chi connectivity index (χ0v) is 14.6. The molecule has 1 unspecified atom stereocenters. The fraction of sp³-hybridized carbons (Fsp3) is 0.571. The van der Waals surface area contributed by atoms with Gasteiger partial charge in [-0.1, -0.05) is 26.0 Å². The van der Waals surface area contributed by atoms with Crippen LogP contribution in [0.4, 0.5) is 5.69 Å². The summed E-state index contributed by atoms with van der Waals surface area (Å²) in [5, 5.41) is 0. The van der Waals surface area contributed by atoms with E-state index in [0.717, 1.165) is 12.8 Å². The SMILES string of the molecule is CCCN(CCC)S(=O)(=O)N1CCS(=N)(=O)c2ccccc21. The van der Waals surface area contributed by atoms with Crippen LogP contribution < -0.4 is 4.31 Å². The summed E-state index contributed by atoms with van der Waals surface area (Å²) < 4.78 is 49.0. The molecule has 124 valence electrons. The van der Waals surface area contributed by atoms with Crippen LogP contribution in [-0.2, 0) is 19.9 Å². The summed E-state index contributed by atoms with van der Waals surface area (Å²) in [5.41, 5.74) is 0.381. The smallest absolute Gasteiger partial charge is 0.255 e. The maximum atomic E-state index is 12.9. The molecule has 1 N–H and O–H groups in total. The minimum absolute atomic E-state index is 0.0370. The first-order valence-electron chi connectivity index (χ1n) is 7.48. The number of benzene rings is 1. The van der Waals surface area contributed by atoms with E-state index in [1.807, 2.05) is 13.8 Å². The third kappa shape index (κ3) is 3.13. The summed E-state index contributed by atoms with van der Waals surface area (Å²) in [6, 6.07) is 6.64. The largest absolute Gasteiger partial charge is 0.304 e. The van der Waals surface area contributed by atoms with Gasteiger partial charge in [-0.05, 0) is 25.0 Å². The number of nitrogens with one attached hydrogen (secondary N) is 1. The van der Waals surface area contributed by atoms with Crippen molar-refractivity contribution in [2.24, 2.45) is 0 Å². The summed E-state index contributed by atoms with van der Waals surface area (Å²) in [4.78, 5) is 0.317. The molecule has 0 bridgehead atoms. The molecule has 6 nitrogen and oxygen atoms in total. The fourth-order valence-corrected chi connectivity index (χ4v) is 6.09. The highest BCUT2D eigenvalue weighted by Gasteiger charge is 2.35. The second kappa shape index (κ2) is 6.55. The van der Waals surface area contributed by atoms with Gasteiger partial charge < -0.3 is 0 Å². The molecule has 1 aromatic rings. The van der Waals surface area contributed by atoms with E-state index in [0.29, 0.717) is 23.7 Å². The normalized spacial score (nSPS) is 21.9. The van der Waals surface area contributed by atoms with Gasteiger partial charge in [-0.15, -0.1) is 0 Å². The highest BCUT2D eigenvalue weighted by Crippen LogP contribution is 2.33. The van der Waals surface area contributed by atoms with Gasteiger partial charge in [0.2, 0.25) is 0 Å². The Morgan fingerprint density at radius 2 is 1.82 bits per heavy atom. The number of para-hydroxylation sites is 1. The van der Waals surface area contributed by atoms with Gasteiger partial charge in [-0.25, -0.2) is 8.99 Å². The van der Waals surface area contributed by atoms with Crippen molar-refractivity contribution in [2.45, 2.75) is 31.6 Å². The standard InChI is InChI=1S/C14H23N3O3S2/c1-3-9-16(10-4-2)22(19,20)17-11-12-21(15,18)14-8-6-5-7-13(14)17/h5-8,15H,3-4,9-12H2,1-2H3. The molecular weight excluding hydrogens is 322 g/mol. The van der Waals surface area contributed by atoms with E-state index in [4.69, 9.17) is 4.78 Å². The summed E-state index contributed by atoms with van der Waals surface area (Å²) in [6.45, 7) is 4.90. The quantitative estimate of drug-likeness (QED) is 0.859. The van der Waals surface area contributed by atoms with Gasteiger partial charge in [0.05, 0.1) is 26.1 Å². The molecule has 0 spiro atoms. The third-order valence-electron chi connectivity index (χ3n) is 3.62. The minimum Gasteiger partial charge on any atom is -0.255 e. The highest BCUT2D eigenvalue weighted by atomic mass is 32.2. The third-order valence-corrected chi connectivity index (χ3v) is 7.39. The molecule has 0 radical (unpaired) electrons. The molecule has 0 saturated heterocycles. The predicted octanol–water partition coefficient (Wildman–Crippen LogP) is 2.28. The van der Waals surface area contributed by atoms with Gasteiger partial charge >= 0.3 is 10.2 Å². The van der Waals surface area contributed by atoms with Crippen molar-refractivity contribution in [1.82, 2.24) is 4.31 Å². The molecule has 8 heteroatoms. The van der Waals surface area contributed by atoms with Crippen molar-refractivity contribution in [3.8, 4) is 0 Å². The molecule has 1 heterocycles. The second-order valence-electron chi connectivity index (χ2n) is 5.33. The molecule has 1 aromatic carbocycles. The van der Waals surface area contributed by atoms with Crippen LogP contribution in [0, 0.1) is 4.78 Å². The molecule has 0 saturated carbocycles. The number of nitrogens with zero attached hydrogens (tertiary/aromatic N) is 2. The molecule has 0 fully saturated rings. The zero-order valence-electron chi connectivity index (χ0n) is 13.0. The van der Waals surface area contributed by atoms with Crippen LogP contribution in [0.3, 0.4) is 0 Å². The number of fused-ring (bicyclic) bond motifs is 1. The van der Waals surface area contributed by atoms with E-state index < -0.39 is 19.9 Å². The van der Waals surface area contributed by atoms with Gasteiger partial charge in [0, 0.05) is 19.6 Å². The van der Waals surface area contributed by atoms with Crippen LogP contribution >= 0.6 is 0 Å². The Hall–Kier alpha value is -1.12. The Labute approximate surface area is 133 Å². The first kappa shape index (κ1) is 17.2. The van der Waals surface area contributed by atoms with Crippen molar-refractivity contribution in [1.29, 1.82) is 4.78 Å².